The Morgan fingerprint density at radius 1 is 0.881 bits per heavy atom. The largest absolute Gasteiger partial charge is 0.277 e. The van der Waals surface area contributed by atoms with Crippen molar-refractivity contribution in [1.29, 1.82) is 0 Å². The summed E-state index contributed by atoms with van der Waals surface area (Å²) in [5.41, 5.74) is 6.69. The molecule has 6 heteroatoms. The second-order valence-electron chi connectivity index (χ2n) is 11.1. The first-order valence-electron chi connectivity index (χ1n) is 14.3. The maximum Gasteiger partial charge on any atom is 0.259 e. The Bertz CT molecular complexity index is 1590. The fourth-order valence-corrected chi connectivity index (χ4v) is 6.49. The third kappa shape index (κ3) is 4.67. The lowest BCUT2D eigenvalue weighted by Gasteiger charge is -2.43. The number of carbonyl (C=O) groups is 2. The van der Waals surface area contributed by atoms with E-state index in [1.807, 2.05) is 49.4 Å². The summed E-state index contributed by atoms with van der Waals surface area (Å²) in [6, 6.07) is 25.9. The van der Waals surface area contributed by atoms with Crippen molar-refractivity contribution in [3.8, 4) is 0 Å². The van der Waals surface area contributed by atoms with Crippen LogP contribution >= 0.6 is 0 Å². The Balaban J connectivity index is 1.54. The number of imide groups is 1. The van der Waals surface area contributed by atoms with Crippen LogP contribution in [-0.2, 0) is 9.59 Å². The van der Waals surface area contributed by atoms with Crippen LogP contribution in [0.3, 0.4) is 0 Å². The van der Waals surface area contributed by atoms with Gasteiger partial charge >= 0.3 is 0 Å². The first kappa shape index (κ1) is 27.5. The van der Waals surface area contributed by atoms with Crippen molar-refractivity contribution in [1.82, 2.24) is 9.91 Å². The fourth-order valence-electron chi connectivity index (χ4n) is 6.49. The number of para-hydroxylation sites is 1. The lowest BCUT2D eigenvalue weighted by molar-refractivity contribution is -0.137. The molecule has 3 aromatic carbocycles. The van der Waals surface area contributed by atoms with E-state index in [4.69, 9.17) is 0 Å². The second kappa shape index (κ2) is 11.3. The molecule has 212 valence electrons. The maximum atomic E-state index is 14.5. The topological polar surface area (TPSA) is 43.9 Å². The van der Waals surface area contributed by atoms with Crippen LogP contribution in [0.4, 0.5) is 10.1 Å². The van der Waals surface area contributed by atoms with Crippen LogP contribution in [0.2, 0.25) is 0 Å². The Morgan fingerprint density at radius 2 is 1.52 bits per heavy atom. The van der Waals surface area contributed by atoms with Crippen LogP contribution in [0.15, 0.2) is 127 Å². The molecule has 5 nitrogen and oxygen atoms in total. The number of hydrazine groups is 1. The number of hydrogen-bond acceptors (Lipinski definition) is 4. The van der Waals surface area contributed by atoms with Gasteiger partial charge in [-0.2, -0.15) is 0 Å². The number of benzene rings is 3. The van der Waals surface area contributed by atoms with Crippen molar-refractivity contribution in [2.45, 2.75) is 38.3 Å². The van der Waals surface area contributed by atoms with E-state index in [0.29, 0.717) is 12.1 Å². The molecule has 4 atom stereocenters. The van der Waals surface area contributed by atoms with Gasteiger partial charge in [-0.15, -0.1) is 0 Å². The zero-order valence-electron chi connectivity index (χ0n) is 23.9. The summed E-state index contributed by atoms with van der Waals surface area (Å²) in [5.74, 6) is -1.59. The van der Waals surface area contributed by atoms with Crippen LogP contribution < -0.4 is 5.01 Å². The molecule has 4 unspecified atom stereocenters. The monoisotopic (exact) mass is 559 g/mol. The van der Waals surface area contributed by atoms with Crippen molar-refractivity contribution >= 4 is 17.5 Å². The molecule has 3 aliphatic rings. The summed E-state index contributed by atoms with van der Waals surface area (Å²) in [5, 5.41) is 4.24. The van der Waals surface area contributed by atoms with Gasteiger partial charge in [-0.1, -0.05) is 103 Å². The van der Waals surface area contributed by atoms with Crippen LogP contribution in [-0.4, -0.2) is 34.4 Å². The number of rotatable bonds is 7. The Hall–Kier alpha value is -4.71. The SMILES string of the molecule is C=CC=C(C=CCF)N1C(=O)C2C(c3ccc(C)cc3)C=C3CC(c4ccc(C)cc4)N(c4ccccc4)N3C2C1=O. The number of carbonyl (C=O) groups excluding carboxylic acids is 2. The van der Waals surface area contributed by atoms with Crippen molar-refractivity contribution in [2.75, 3.05) is 11.7 Å². The molecular weight excluding hydrogens is 525 g/mol. The standard InChI is InChI=1S/C36H34FN3O2/c1-4-9-28(12-8-21-37)38-35(41)33-31(26-17-13-24(2)14-18-26)22-30-23-32(27-19-15-25(3)16-20-27)39(29-10-6-5-7-11-29)40(30)34(33)36(38)42/h4-20,22,31-34H,1,21,23H2,2-3H3. The number of hydrogen-bond donors (Lipinski definition) is 0. The molecule has 2 fully saturated rings. The molecule has 2 saturated heterocycles. The van der Waals surface area contributed by atoms with Crippen LogP contribution in [0, 0.1) is 19.8 Å². The Kier molecular flexibility index (Phi) is 7.38. The van der Waals surface area contributed by atoms with Gasteiger partial charge in [-0.25, -0.2) is 9.29 Å². The fraction of sp³-hybridized carbons (Fsp3) is 0.222. The minimum Gasteiger partial charge on any atom is -0.277 e. The van der Waals surface area contributed by atoms with E-state index in [-0.39, 0.29) is 23.8 Å². The number of amides is 2. The molecule has 3 aliphatic heterocycles. The summed E-state index contributed by atoms with van der Waals surface area (Å²) in [6.07, 6.45) is 8.75. The lowest BCUT2D eigenvalue weighted by Crippen LogP contribution is -2.53. The van der Waals surface area contributed by atoms with Crippen molar-refractivity contribution < 1.29 is 14.0 Å². The molecule has 0 aliphatic carbocycles. The molecule has 0 saturated carbocycles. The zero-order chi connectivity index (χ0) is 29.4. The van der Waals surface area contributed by atoms with Crippen molar-refractivity contribution in [2.24, 2.45) is 5.92 Å². The van der Waals surface area contributed by atoms with Crippen LogP contribution in [0.1, 0.15) is 40.6 Å². The number of allylic oxidation sites excluding steroid dienone is 5. The molecule has 0 spiro atoms. The van der Waals surface area contributed by atoms with E-state index >= 15 is 0 Å². The van der Waals surface area contributed by atoms with Crippen LogP contribution in [0.5, 0.6) is 0 Å². The smallest absolute Gasteiger partial charge is 0.259 e. The number of nitrogens with zero attached hydrogens (tertiary/aromatic N) is 3. The first-order chi connectivity index (χ1) is 20.4. The summed E-state index contributed by atoms with van der Waals surface area (Å²) in [6.45, 7) is 7.16. The van der Waals surface area contributed by atoms with E-state index in [1.54, 1.807) is 6.08 Å². The number of aryl methyl sites for hydroxylation is 2. The van der Waals surface area contributed by atoms with E-state index in [0.717, 1.165) is 28.1 Å². The summed E-state index contributed by atoms with van der Waals surface area (Å²) in [7, 11) is 0. The number of likely N-dealkylation sites (tertiary alicyclic amines) is 1. The number of alkyl halides is 1. The maximum absolute atomic E-state index is 14.5. The van der Waals surface area contributed by atoms with E-state index in [1.165, 1.54) is 28.7 Å². The average molecular weight is 560 g/mol. The van der Waals surface area contributed by atoms with Gasteiger partial charge in [0.15, 0.2) is 0 Å². The van der Waals surface area contributed by atoms with Gasteiger partial charge in [0.2, 0.25) is 5.91 Å². The number of anilines is 1. The predicted molar refractivity (Wildman–Crippen MR) is 164 cm³/mol. The molecule has 3 heterocycles. The normalized spacial score (nSPS) is 23.8. The summed E-state index contributed by atoms with van der Waals surface area (Å²) >= 11 is 0. The molecular formula is C36H34FN3O2. The van der Waals surface area contributed by atoms with Crippen molar-refractivity contribution in [3.63, 3.8) is 0 Å². The second-order valence-corrected chi connectivity index (χ2v) is 11.1. The molecule has 2 amide bonds. The first-order valence-corrected chi connectivity index (χ1v) is 14.3. The van der Waals surface area contributed by atoms with E-state index in [9.17, 15) is 14.0 Å². The molecule has 42 heavy (non-hydrogen) atoms. The van der Waals surface area contributed by atoms with Gasteiger partial charge in [0, 0.05) is 18.0 Å². The quantitative estimate of drug-likeness (QED) is 0.229. The van der Waals surface area contributed by atoms with Gasteiger partial charge < -0.3 is 0 Å². The van der Waals surface area contributed by atoms with Gasteiger partial charge in [-0.05, 0) is 49.3 Å². The zero-order valence-corrected chi connectivity index (χ0v) is 23.9. The summed E-state index contributed by atoms with van der Waals surface area (Å²) in [4.78, 5) is 30.0. The molecule has 0 bridgehead atoms. The molecule has 6 rings (SSSR count). The Labute approximate surface area is 246 Å². The third-order valence-corrected chi connectivity index (χ3v) is 8.44. The average Bonchev–Trinajstić information content (AvgIpc) is 3.51. The lowest BCUT2D eigenvalue weighted by atomic mass is 9.78. The van der Waals surface area contributed by atoms with Gasteiger partial charge in [0.1, 0.15) is 12.7 Å². The molecule has 0 aromatic heterocycles. The van der Waals surface area contributed by atoms with Crippen molar-refractivity contribution in [3.05, 3.63) is 149 Å². The highest BCUT2D eigenvalue weighted by Crippen LogP contribution is 2.52. The predicted octanol–water partition coefficient (Wildman–Crippen LogP) is 7.10. The van der Waals surface area contributed by atoms with E-state index in [2.05, 4.69) is 66.0 Å². The molecule has 0 N–H and O–H groups in total. The summed E-state index contributed by atoms with van der Waals surface area (Å²) < 4.78 is 13.2. The highest BCUT2D eigenvalue weighted by Gasteiger charge is 2.60. The third-order valence-electron chi connectivity index (χ3n) is 8.44. The highest BCUT2D eigenvalue weighted by atomic mass is 19.1. The number of halogens is 1. The Morgan fingerprint density at radius 3 is 2.14 bits per heavy atom. The minimum absolute atomic E-state index is 0.0664. The highest BCUT2D eigenvalue weighted by molar-refractivity contribution is 6.10. The number of fused-ring (bicyclic) bond motifs is 3. The van der Waals surface area contributed by atoms with Gasteiger partial charge in [0.25, 0.3) is 5.91 Å². The van der Waals surface area contributed by atoms with E-state index < -0.39 is 18.6 Å². The van der Waals surface area contributed by atoms with Gasteiger partial charge in [0.05, 0.1) is 23.3 Å². The molecule has 0 radical (unpaired) electrons. The minimum atomic E-state index is -0.772. The molecule has 3 aromatic rings. The van der Waals surface area contributed by atoms with Gasteiger partial charge in [-0.3, -0.25) is 19.6 Å². The van der Waals surface area contributed by atoms with Crippen LogP contribution in [0.25, 0.3) is 0 Å².